The smallest absolute Gasteiger partial charge is 0.136 e. The molecule has 0 amide bonds. The normalized spacial score (nSPS) is 13.5. The SMILES string of the molecule is [2H]c1c([2H])c([2H])c(-c2ccc3c(c2)-c2cccc4cc(-c5cccc(-c6c7ccccc7cc7c6ccc6ccccc67)c5)cc(c24)O3)c([2H])c1[2H]. The van der Waals surface area contributed by atoms with Crippen LogP contribution < -0.4 is 4.74 Å². The molecule has 9 aromatic carbocycles. The van der Waals surface area contributed by atoms with Gasteiger partial charge < -0.3 is 4.74 Å². The lowest BCUT2D eigenvalue weighted by molar-refractivity contribution is 0.487. The third-order valence-electron chi connectivity index (χ3n) is 9.47. The molecule has 0 N–H and O–H groups in total. The molecule has 0 saturated carbocycles. The van der Waals surface area contributed by atoms with Crippen molar-refractivity contribution in [2.75, 3.05) is 0 Å². The first-order valence-electron chi connectivity index (χ1n) is 18.3. The highest BCUT2D eigenvalue weighted by atomic mass is 16.5. The van der Waals surface area contributed by atoms with Crippen LogP contribution in [0.15, 0.2) is 170 Å². The molecule has 1 heterocycles. The van der Waals surface area contributed by atoms with Gasteiger partial charge in [0.15, 0.2) is 0 Å². The summed E-state index contributed by atoms with van der Waals surface area (Å²) in [5.41, 5.74) is 6.97. The van der Waals surface area contributed by atoms with E-state index in [2.05, 4.69) is 115 Å². The van der Waals surface area contributed by atoms with E-state index in [0.29, 0.717) is 11.3 Å². The zero-order valence-corrected chi connectivity index (χ0v) is 25.2. The van der Waals surface area contributed by atoms with Gasteiger partial charge in [0.1, 0.15) is 11.5 Å². The monoisotopic (exact) mass is 601 g/mol. The number of rotatable bonds is 3. The minimum atomic E-state index is -0.404. The van der Waals surface area contributed by atoms with E-state index >= 15 is 0 Å². The lowest BCUT2D eigenvalue weighted by Gasteiger charge is -2.23. The summed E-state index contributed by atoms with van der Waals surface area (Å²) in [6.07, 6.45) is 0. The van der Waals surface area contributed by atoms with Gasteiger partial charge in [0.2, 0.25) is 0 Å². The Bertz CT molecular complexity index is 2970. The van der Waals surface area contributed by atoms with E-state index in [4.69, 9.17) is 11.6 Å². The van der Waals surface area contributed by atoms with E-state index in [1.807, 2.05) is 18.2 Å². The predicted molar refractivity (Wildman–Crippen MR) is 198 cm³/mol. The average Bonchev–Trinajstić information content (AvgIpc) is 3.18. The Morgan fingerprint density at radius 3 is 2.06 bits per heavy atom. The molecule has 1 heteroatoms. The van der Waals surface area contributed by atoms with Crippen molar-refractivity contribution in [2.24, 2.45) is 0 Å². The second-order valence-corrected chi connectivity index (χ2v) is 12.1. The first kappa shape index (κ1) is 21.5. The lowest BCUT2D eigenvalue weighted by Crippen LogP contribution is -1.98. The summed E-state index contributed by atoms with van der Waals surface area (Å²) < 4.78 is 48.0. The summed E-state index contributed by atoms with van der Waals surface area (Å²) in [6.45, 7) is 0. The summed E-state index contributed by atoms with van der Waals surface area (Å²) in [6, 6.07) is 47.1. The summed E-state index contributed by atoms with van der Waals surface area (Å²) >= 11 is 0. The third-order valence-corrected chi connectivity index (χ3v) is 9.47. The zero-order valence-electron chi connectivity index (χ0n) is 30.2. The molecule has 0 spiro atoms. The Balaban J connectivity index is 1.12. The quantitative estimate of drug-likeness (QED) is 0.145. The number of hydrogen-bond donors (Lipinski definition) is 0. The second kappa shape index (κ2) is 10.2. The predicted octanol–water partition coefficient (Wildman–Crippen LogP) is 13.1. The van der Waals surface area contributed by atoms with Gasteiger partial charge in [-0.15, -0.1) is 0 Å². The van der Waals surface area contributed by atoms with Crippen LogP contribution in [0.2, 0.25) is 0 Å². The highest BCUT2D eigenvalue weighted by Crippen LogP contribution is 2.49. The molecule has 0 saturated heterocycles. The first-order chi connectivity index (χ1) is 25.4. The molecule has 10 rings (SSSR count). The number of hydrogen-bond acceptors (Lipinski definition) is 1. The van der Waals surface area contributed by atoms with Gasteiger partial charge in [0, 0.05) is 10.9 Å². The van der Waals surface area contributed by atoms with Gasteiger partial charge in [-0.05, 0) is 113 Å². The van der Waals surface area contributed by atoms with Crippen molar-refractivity contribution in [2.45, 2.75) is 0 Å². The van der Waals surface area contributed by atoms with Crippen LogP contribution in [0, 0.1) is 0 Å². The molecule has 0 aromatic heterocycles. The molecular weight excluding hydrogens is 569 g/mol. The molecule has 0 fully saturated rings. The average molecular weight is 602 g/mol. The minimum absolute atomic E-state index is 0.175. The maximum Gasteiger partial charge on any atom is 0.136 e. The second-order valence-electron chi connectivity index (χ2n) is 12.1. The van der Waals surface area contributed by atoms with Crippen molar-refractivity contribution >= 4 is 43.1 Å². The molecular formula is C46H28O. The van der Waals surface area contributed by atoms with Crippen molar-refractivity contribution in [3.05, 3.63) is 170 Å². The summed E-state index contributed by atoms with van der Waals surface area (Å²) in [4.78, 5) is 0. The fourth-order valence-corrected chi connectivity index (χ4v) is 7.34. The van der Waals surface area contributed by atoms with Gasteiger partial charge in [0.25, 0.3) is 0 Å². The molecule has 1 aliphatic heterocycles. The summed E-state index contributed by atoms with van der Waals surface area (Å²) in [5, 5.41) is 9.33. The third kappa shape index (κ3) is 4.10. The van der Waals surface area contributed by atoms with Crippen LogP contribution >= 0.6 is 0 Å². The van der Waals surface area contributed by atoms with Gasteiger partial charge in [-0.3, -0.25) is 0 Å². The van der Waals surface area contributed by atoms with Crippen LogP contribution in [0.4, 0.5) is 0 Å². The van der Waals surface area contributed by atoms with Gasteiger partial charge in [-0.25, -0.2) is 0 Å². The lowest BCUT2D eigenvalue weighted by atomic mass is 9.88. The molecule has 0 unspecified atom stereocenters. The Kier molecular flexibility index (Phi) is 4.66. The van der Waals surface area contributed by atoms with Crippen molar-refractivity contribution in [1.29, 1.82) is 0 Å². The first-order valence-corrected chi connectivity index (χ1v) is 15.8. The molecule has 0 bridgehead atoms. The van der Waals surface area contributed by atoms with Gasteiger partial charge in [-0.2, -0.15) is 0 Å². The fourth-order valence-electron chi connectivity index (χ4n) is 7.34. The topological polar surface area (TPSA) is 9.23 Å². The number of ether oxygens (including phenoxy) is 1. The standard InChI is InChI=1S/C46H28O/c1-2-10-29(11-3-1)32-21-23-43-42(26-32)39-19-9-16-35-25-36(28-44(47-43)46(35)39)31-14-8-15-34(24-31)45-38-18-7-5-13-33(38)27-41-37-17-6-4-12-30(37)20-22-40(41)45/h1-28H/i1D,2D,3D,10D,11D. The summed E-state index contributed by atoms with van der Waals surface area (Å²) in [7, 11) is 0. The maximum absolute atomic E-state index is 8.53. The molecule has 0 atom stereocenters. The van der Waals surface area contributed by atoms with Crippen LogP contribution in [0.1, 0.15) is 6.85 Å². The fraction of sp³-hybridized carbons (Fsp3) is 0. The Morgan fingerprint density at radius 1 is 0.383 bits per heavy atom. The Hall–Kier alpha value is -6.18. The van der Waals surface area contributed by atoms with Crippen molar-refractivity contribution in [3.63, 3.8) is 0 Å². The Labute approximate surface area is 280 Å². The summed E-state index contributed by atoms with van der Waals surface area (Å²) in [5.74, 6) is 1.40. The number of fused-ring (bicyclic) bond motifs is 6. The van der Waals surface area contributed by atoms with Crippen LogP contribution in [0.25, 0.3) is 87.6 Å². The largest absolute Gasteiger partial charge is 0.456 e. The van der Waals surface area contributed by atoms with Crippen LogP contribution in [-0.4, -0.2) is 0 Å². The molecule has 1 aliphatic rings. The molecule has 218 valence electrons. The van der Waals surface area contributed by atoms with Gasteiger partial charge >= 0.3 is 0 Å². The van der Waals surface area contributed by atoms with Crippen LogP contribution in [0.5, 0.6) is 11.5 Å². The highest BCUT2D eigenvalue weighted by molar-refractivity contribution is 6.20. The van der Waals surface area contributed by atoms with E-state index < -0.39 is 6.04 Å². The van der Waals surface area contributed by atoms with Gasteiger partial charge in [0.05, 0.1) is 6.85 Å². The number of benzene rings is 9. The molecule has 0 aliphatic carbocycles. The van der Waals surface area contributed by atoms with Crippen molar-refractivity contribution < 1.29 is 11.6 Å². The van der Waals surface area contributed by atoms with E-state index in [1.54, 1.807) is 6.07 Å². The van der Waals surface area contributed by atoms with Gasteiger partial charge in [-0.1, -0.05) is 133 Å². The highest BCUT2D eigenvalue weighted by Gasteiger charge is 2.22. The Morgan fingerprint density at radius 2 is 1.15 bits per heavy atom. The molecule has 9 aromatic rings. The van der Waals surface area contributed by atoms with Crippen LogP contribution in [-0.2, 0) is 0 Å². The van der Waals surface area contributed by atoms with Crippen molar-refractivity contribution in [3.8, 4) is 56.0 Å². The van der Waals surface area contributed by atoms with E-state index in [-0.39, 0.29) is 29.7 Å². The van der Waals surface area contributed by atoms with Crippen LogP contribution in [0.3, 0.4) is 0 Å². The maximum atomic E-state index is 8.53. The molecule has 0 radical (unpaired) electrons. The molecule has 1 nitrogen and oxygen atoms in total. The van der Waals surface area contributed by atoms with Crippen molar-refractivity contribution in [1.82, 2.24) is 0 Å². The zero-order chi connectivity index (χ0) is 35.2. The van der Waals surface area contributed by atoms with E-state index in [0.717, 1.165) is 44.3 Å². The van der Waals surface area contributed by atoms with E-state index in [9.17, 15) is 0 Å². The van der Waals surface area contributed by atoms with E-state index in [1.165, 1.54) is 37.9 Å². The minimum Gasteiger partial charge on any atom is -0.456 e. The molecule has 47 heavy (non-hydrogen) atoms.